The lowest BCUT2D eigenvalue weighted by Gasteiger charge is -2.24. The third-order valence-electron chi connectivity index (χ3n) is 3.53. The van der Waals surface area contributed by atoms with Gasteiger partial charge in [-0.25, -0.2) is 8.42 Å². The first kappa shape index (κ1) is 15.0. The maximum atomic E-state index is 12.0. The molecule has 0 aliphatic carbocycles. The predicted octanol–water partition coefficient (Wildman–Crippen LogP) is 2.82. The van der Waals surface area contributed by atoms with E-state index in [1.165, 1.54) is 6.26 Å². The van der Waals surface area contributed by atoms with Crippen molar-refractivity contribution in [2.75, 3.05) is 12.9 Å². The summed E-state index contributed by atoms with van der Waals surface area (Å²) in [6.45, 7) is 8.83. The molecular formula is C15H21NO3S. The number of hydrogen-bond acceptors (Lipinski definition) is 4. The van der Waals surface area contributed by atoms with E-state index in [2.05, 4.69) is 25.9 Å². The largest absolute Gasteiger partial charge is 0.395 e. The van der Waals surface area contributed by atoms with Crippen molar-refractivity contribution < 1.29 is 13.3 Å². The van der Waals surface area contributed by atoms with Gasteiger partial charge < -0.3 is 4.84 Å². The minimum absolute atomic E-state index is 0.0467. The van der Waals surface area contributed by atoms with Crippen LogP contribution in [0.25, 0.3) is 0 Å². The Morgan fingerprint density at radius 2 is 1.90 bits per heavy atom. The molecule has 0 radical (unpaired) electrons. The van der Waals surface area contributed by atoms with Crippen LogP contribution in [-0.4, -0.2) is 27.0 Å². The van der Waals surface area contributed by atoms with Gasteiger partial charge in [-0.2, -0.15) is 0 Å². The van der Waals surface area contributed by atoms with Crippen LogP contribution in [0.1, 0.15) is 43.9 Å². The molecular weight excluding hydrogens is 274 g/mol. The number of hydrogen-bond donors (Lipinski definition) is 0. The molecule has 1 aromatic carbocycles. The van der Waals surface area contributed by atoms with Gasteiger partial charge in [0, 0.05) is 18.2 Å². The fourth-order valence-corrected chi connectivity index (χ4v) is 3.61. The highest BCUT2D eigenvalue weighted by Gasteiger charge is 2.27. The molecule has 0 amide bonds. The molecule has 0 aromatic heterocycles. The van der Waals surface area contributed by atoms with Gasteiger partial charge in [0.2, 0.25) is 0 Å². The molecule has 20 heavy (non-hydrogen) atoms. The zero-order valence-electron chi connectivity index (χ0n) is 12.6. The lowest BCUT2D eigenvalue weighted by Crippen LogP contribution is -2.18. The van der Waals surface area contributed by atoms with E-state index in [0.29, 0.717) is 17.9 Å². The van der Waals surface area contributed by atoms with Crippen LogP contribution in [-0.2, 0) is 20.1 Å². The van der Waals surface area contributed by atoms with Crippen molar-refractivity contribution >= 4 is 15.5 Å². The third kappa shape index (κ3) is 2.73. The molecule has 110 valence electrons. The lowest BCUT2D eigenvalue weighted by molar-refractivity contribution is 0.174. The van der Waals surface area contributed by atoms with Crippen molar-refractivity contribution in [1.82, 2.24) is 0 Å². The molecule has 4 nitrogen and oxygen atoms in total. The second-order valence-electron chi connectivity index (χ2n) is 6.25. The van der Waals surface area contributed by atoms with Gasteiger partial charge in [-0.05, 0) is 29.5 Å². The van der Waals surface area contributed by atoms with Crippen molar-refractivity contribution in [2.45, 2.75) is 44.4 Å². The van der Waals surface area contributed by atoms with E-state index in [0.717, 1.165) is 22.4 Å². The summed E-state index contributed by atoms with van der Waals surface area (Å²) in [5.41, 5.74) is 3.51. The van der Waals surface area contributed by atoms with E-state index >= 15 is 0 Å². The van der Waals surface area contributed by atoms with Crippen molar-refractivity contribution in [3.63, 3.8) is 0 Å². The number of oxime groups is 1. The molecule has 0 atom stereocenters. The summed E-state index contributed by atoms with van der Waals surface area (Å²) >= 11 is 0. The third-order valence-corrected chi connectivity index (χ3v) is 4.67. The Bertz CT molecular complexity index is 667. The second-order valence-corrected chi connectivity index (χ2v) is 8.24. The van der Waals surface area contributed by atoms with Crippen LogP contribution in [0.2, 0.25) is 0 Å². The molecule has 0 fully saturated rings. The first-order valence-electron chi connectivity index (χ1n) is 6.65. The number of sulfone groups is 1. The molecule has 1 heterocycles. The van der Waals surface area contributed by atoms with Crippen LogP contribution >= 0.6 is 0 Å². The van der Waals surface area contributed by atoms with Gasteiger partial charge in [0.05, 0.1) is 10.6 Å². The molecule has 1 aliphatic rings. The average Bonchev–Trinajstić information content (AvgIpc) is 2.78. The Morgan fingerprint density at radius 1 is 1.25 bits per heavy atom. The molecule has 0 bridgehead atoms. The van der Waals surface area contributed by atoms with Crippen LogP contribution in [0.5, 0.6) is 0 Å². The van der Waals surface area contributed by atoms with E-state index < -0.39 is 9.84 Å². The minimum atomic E-state index is -3.29. The number of rotatable bonds is 2. The molecule has 1 aliphatic heterocycles. The second kappa shape index (κ2) is 4.88. The molecule has 0 saturated heterocycles. The van der Waals surface area contributed by atoms with Crippen molar-refractivity contribution in [3.8, 4) is 0 Å². The quantitative estimate of drug-likeness (QED) is 0.843. The van der Waals surface area contributed by atoms with Crippen LogP contribution in [0.4, 0.5) is 0 Å². The van der Waals surface area contributed by atoms with Gasteiger partial charge in [-0.1, -0.05) is 32.0 Å². The van der Waals surface area contributed by atoms with Gasteiger partial charge >= 0.3 is 0 Å². The SMILES string of the molecule is Cc1c(C(C)(C)C)ccc(S(C)(=O)=O)c1C1=NOCC1. The Labute approximate surface area is 120 Å². The summed E-state index contributed by atoms with van der Waals surface area (Å²) in [5.74, 6) is 0. The van der Waals surface area contributed by atoms with E-state index in [4.69, 9.17) is 4.84 Å². The maximum Gasteiger partial charge on any atom is 0.176 e. The fourth-order valence-electron chi connectivity index (χ4n) is 2.65. The highest BCUT2D eigenvalue weighted by atomic mass is 32.2. The summed E-state index contributed by atoms with van der Waals surface area (Å²) in [5, 5.41) is 4.02. The zero-order chi connectivity index (χ0) is 15.1. The number of benzene rings is 1. The van der Waals surface area contributed by atoms with Gasteiger partial charge in [0.1, 0.15) is 6.61 Å². The van der Waals surface area contributed by atoms with E-state index in [9.17, 15) is 8.42 Å². The zero-order valence-corrected chi connectivity index (χ0v) is 13.5. The Balaban J connectivity index is 2.77. The van der Waals surface area contributed by atoms with Crippen LogP contribution in [0, 0.1) is 6.92 Å². The first-order valence-corrected chi connectivity index (χ1v) is 8.55. The smallest absolute Gasteiger partial charge is 0.176 e. The summed E-state index contributed by atoms with van der Waals surface area (Å²) in [6, 6.07) is 3.60. The van der Waals surface area contributed by atoms with Gasteiger partial charge in [-0.15, -0.1) is 0 Å². The van der Waals surface area contributed by atoms with Gasteiger partial charge in [-0.3, -0.25) is 0 Å². The van der Waals surface area contributed by atoms with Gasteiger partial charge in [0.25, 0.3) is 0 Å². The standard InChI is InChI=1S/C15H21NO3S/c1-10-11(15(2,3)4)6-7-13(20(5,17)18)14(10)12-8-9-19-16-12/h6-7H,8-9H2,1-5H3. The van der Waals surface area contributed by atoms with Crippen molar-refractivity contribution in [2.24, 2.45) is 5.16 Å². The van der Waals surface area contributed by atoms with E-state index in [1.54, 1.807) is 6.07 Å². The van der Waals surface area contributed by atoms with Gasteiger partial charge in [0.15, 0.2) is 9.84 Å². The number of nitrogens with zero attached hydrogens (tertiary/aromatic N) is 1. The van der Waals surface area contributed by atoms with E-state index in [1.807, 2.05) is 13.0 Å². The maximum absolute atomic E-state index is 12.0. The Hall–Kier alpha value is -1.36. The predicted molar refractivity (Wildman–Crippen MR) is 80.1 cm³/mol. The van der Waals surface area contributed by atoms with Crippen LogP contribution in [0.15, 0.2) is 22.2 Å². The topological polar surface area (TPSA) is 55.7 Å². The normalized spacial score (nSPS) is 15.9. The van der Waals surface area contributed by atoms with Crippen LogP contribution in [0.3, 0.4) is 0 Å². The molecule has 5 heteroatoms. The molecule has 1 aromatic rings. The summed E-state index contributed by atoms with van der Waals surface area (Å²) in [6.07, 6.45) is 1.88. The molecule has 0 saturated carbocycles. The lowest BCUT2D eigenvalue weighted by atomic mass is 9.82. The van der Waals surface area contributed by atoms with E-state index in [-0.39, 0.29) is 5.41 Å². The molecule has 0 spiro atoms. The molecule has 2 rings (SSSR count). The van der Waals surface area contributed by atoms with Crippen molar-refractivity contribution in [1.29, 1.82) is 0 Å². The van der Waals surface area contributed by atoms with Crippen LogP contribution < -0.4 is 0 Å². The summed E-state index contributed by atoms with van der Waals surface area (Å²) in [4.78, 5) is 5.39. The molecule has 0 unspecified atom stereocenters. The molecule has 0 N–H and O–H groups in total. The average molecular weight is 295 g/mol. The van der Waals surface area contributed by atoms with Crippen molar-refractivity contribution in [3.05, 3.63) is 28.8 Å². The summed E-state index contributed by atoms with van der Waals surface area (Å²) in [7, 11) is -3.29. The fraction of sp³-hybridized carbons (Fsp3) is 0.533. The summed E-state index contributed by atoms with van der Waals surface area (Å²) < 4.78 is 24.1. The Morgan fingerprint density at radius 3 is 2.35 bits per heavy atom. The Kier molecular flexibility index (Phi) is 3.67. The highest BCUT2D eigenvalue weighted by Crippen LogP contribution is 2.32. The first-order chi connectivity index (χ1) is 9.12. The highest BCUT2D eigenvalue weighted by molar-refractivity contribution is 7.90. The minimum Gasteiger partial charge on any atom is -0.395 e. The monoisotopic (exact) mass is 295 g/mol.